The van der Waals surface area contributed by atoms with E-state index in [0.29, 0.717) is 25.2 Å². The predicted octanol–water partition coefficient (Wildman–Crippen LogP) is 1.31. The highest BCUT2D eigenvalue weighted by Gasteiger charge is 2.34. The molecular weight excluding hydrogens is 243 g/mol. The summed E-state index contributed by atoms with van der Waals surface area (Å²) in [5.74, 6) is 0. The molecule has 0 spiro atoms. The van der Waals surface area contributed by atoms with Gasteiger partial charge in [0.15, 0.2) is 0 Å². The van der Waals surface area contributed by atoms with Crippen molar-refractivity contribution in [3.63, 3.8) is 0 Å². The lowest BCUT2D eigenvalue weighted by molar-refractivity contribution is -0.124. The standard InChI is InChI=1S/C12H22F3N3/c1-10-7-18-5-2-3-11(18)8-17(10)6-4-16-9-12(13,14)15/h10-11,16H,2-9H2,1H3. The average molecular weight is 265 g/mol. The number of nitrogens with one attached hydrogen (secondary N) is 1. The van der Waals surface area contributed by atoms with Crippen molar-refractivity contribution in [3.05, 3.63) is 0 Å². The SMILES string of the molecule is CC1CN2CCCC2CN1CCNCC(F)(F)F. The van der Waals surface area contributed by atoms with Crippen LogP contribution in [0.5, 0.6) is 0 Å². The van der Waals surface area contributed by atoms with E-state index in [0.717, 1.165) is 13.1 Å². The second-order valence-electron chi connectivity index (χ2n) is 5.43. The maximum absolute atomic E-state index is 12.0. The fourth-order valence-electron chi connectivity index (χ4n) is 3.01. The van der Waals surface area contributed by atoms with Gasteiger partial charge < -0.3 is 5.32 Å². The zero-order valence-electron chi connectivity index (χ0n) is 10.8. The van der Waals surface area contributed by atoms with Crippen LogP contribution in [0, 0.1) is 0 Å². The van der Waals surface area contributed by atoms with Gasteiger partial charge in [-0.2, -0.15) is 13.2 Å². The molecule has 2 rings (SSSR count). The largest absolute Gasteiger partial charge is 0.401 e. The molecule has 18 heavy (non-hydrogen) atoms. The molecule has 2 heterocycles. The van der Waals surface area contributed by atoms with E-state index in [1.54, 1.807) is 0 Å². The van der Waals surface area contributed by atoms with Gasteiger partial charge in [-0.25, -0.2) is 0 Å². The van der Waals surface area contributed by atoms with Crippen molar-refractivity contribution in [2.24, 2.45) is 0 Å². The Labute approximate surface area is 106 Å². The zero-order valence-corrected chi connectivity index (χ0v) is 10.8. The number of piperazine rings is 1. The van der Waals surface area contributed by atoms with Gasteiger partial charge in [0.1, 0.15) is 0 Å². The molecule has 6 heteroatoms. The van der Waals surface area contributed by atoms with Gasteiger partial charge >= 0.3 is 6.18 Å². The van der Waals surface area contributed by atoms with Gasteiger partial charge in [-0.15, -0.1) is 0 Å². The van der Waals surface area contributed by atoms with E-state index in [9.17, 15) is 13.2 Å². The van der Waals surface area contributed by atoms with Crippen molar-refractivity contribution < 1.29 is 13.2 Å². The minimum absolute atomic E-state index is 0.413. The molecule has 0 bridgehead atoms. The number of alkyl halides is 3. The smallest absolute Gasteiger partial charge is 0.307 e. The summed E-state index contributed by atoms with van der Waals surface area (Å²) in [6.45, 7) is 5.66. The Kier molecular flexibility index (Phi) is 4.50. The Morgan fingerprint density at radius 2 is 2.06 bits per heavy atom. The normalized spacial score (nSPS) is 30.7. The summed E-state index contributed by atoms with van der Waals surface area (Å²) in [6, 6.07) is 1.08. The molecule has 2 fully saturated rings. The van der Waals surface area contributed by atoms with Crippen molar-refractivity contribution in [1.29, 1.82) is 0 Å². The third-order valence-electron chi connectivity index (χ3n) is 3.97. The highest BCUT2D eigenvalue weighted by atomic mass is 19.4. The molecule has 0 saturated carbocycles. The first-order valence-electron chi connectivity index (χ1n) is 6.71. The molecule has 0 aromatic heterocycles. The lowest BCUT2D eigenvalue weighted by atomic mass is 10.1. The lowest BCUT2D eigenvalue weighted by Gasteiger charge is -2.42. The monoisotopic (exact) mass is 265 g/mol. The van der Waals surface area contributed by atoms with Crippen molar-refractivity contribution in [3.8, 4) is 0 Å². The Balaban J connectivity index is 1.69. The number of rotatable bonds is 4. The highest BCUT2D eigenvalue weighted by Crippen LogP contribution is 2.24. The Hall–Kier alpha value is -0.330. The molecule has 0 aromatic rings. The van der Waals surface area contributed by atoms with Crippen molar-refractivity contribution in [2.45, 2.75) is 38.0 Å². The highest BCUT2D eigenvalue weighted by molar-refractivity contribution is 4.90. The molecule has 2 aliphatic rings. The summed E-state index contributed by atoms with van der Waals surface area (Å²) >= 11 is 0. The van der Waals surface area contributed by atoms with E-state index in [4.69, 9.17) is 0 Å². The van der Waals surface area contributed by atoms with Crippen LogP contribution < -0.4 is 5.32 Å². The summed E-state index contributed by atoms with van der Waals surface area (Å²) in [5, 5.41) is 2.47. The van der Waals surface area contributed by atoms with Crippen LogP contribution >= 0.6 is 0 Å². The fraction of sp³-hybridized carbons (Fsp3) is 1.00. The summed E-state index contributed by atoms with van der Waals surface area (Å²) < 4.78 is 36.0. The quantitative estimate of drug-likeness (QED) is 0.773. The van der Waals surface area contributed by atoms with E-state index in [2.05, 4.69) is 22.0 Å². The first kappa shape index (κ1) is 14.1. The van der Waals surface area contributed by atoms with Gasteiger partial charge in [-0.05, 0) is 26.3 Å². The third-order valence-corrected chi connectivity index (χ3v) is 3.97. The topological polar surface area (TPSA) is 18.5 Å². The van der Waals surface area contributed by atoms with Crippen LogP contribution in [-0.2, 0) is 0 Å². The number of nitrogens with zero attached hydrogens (tertiary/aromatic N) is 2. The molecule has 0 aromatic carbocycles. The van der Waals surface area contributed by atoms with E-state index < -0.39 is 12.7 Å². The Morgan fingerprint density at radius 3 is 2.78 bits per heavy atom. The molecule has 0 amide bonds. The molecule has 0 aliphatic carbocycles. The lowest BCUT2D eigenvalue weighted by Crippen LogP contribution is -2.56. The number of fused-ring (bicyclic) bond motifs is 1. The van der Waals surface area contributed by atoms with E-state index >= 15 is 0 Å². The summed E-state index contributed by atoms with van der Waals surface area (Å²) in [7, 11) is 0. The fourth-order valence-corrected chi connectivity index (χ4v) is 3.01. The predicted molar refractivity (Wildman–Crippen MR) is 64.6 cm³/mol. The van der Waals surface area contributed by atoms with E-state index in [1.165, 1.54) is 19.4 Å². The van der Waals surface area contributed by atoms with E-state index in [1.807, 2.05) is 0 Å². The van der Waals surface area contributed by atoms with Gasteiger partial charge in [-0.1, -0.05) is 0 Å². The Morgan fingerprint density at radius 1 is 1.28 bits per heavy atom. The molecule has 1 N–H and O–H groups in total. The average Bonchev–Trinajstić information content (AvgIpc) is 2.70. The van der Waals surface area contributed by atoms with Crippen LogP contribution in [0.15, 0.2) is 0 Å². The van der Waals surface area contributed by atoms with Crippen LogP contribution in [0.3, 0.4) is 0 Å². The van der Waals surface area contributed by atoms with Crippen LogP contribution in [0.4, 0.5) is 13.2 Å². The summed E-state index contributed by atoms with van der Waals surface area (Å²) in [4.78, 5) is 4.83. The molecule has 3 nitrogen and oxygen atoms in total. The second-order valence-corrected chi connectivity index (χ2v) is 5.43. The molecule has 0 radical (unpaired) electrons. The van der Waals surface area contributed by atoms with Crippen LogP contribution in [0.25, 0.3) is 0 Å². The second kappa shape index (κ2) is 5.75. The molecule has 2 aliphatic heterocycles. The van der Waals surface area contributed by atoms with Gasteiger partial charge in [-0.3, -0.25) is 9.80 Å². The third kappa shape index (κ3) is 3.83. The van der Waals surface area contributed by atoms with Crippen molar-refractivity contribution in [1.82, 2.24) is 15.1 Å². The maximum atomic E-state index is 12.0. The molecule has 2 saturated heterocycles. The van der Waals surface area contributed by atoms with Gasteiger partial charge in [0, 0.05) is 38.3 Å². The van der Waals surface area contributed by atoms with Crippen LogP contribution in [0.2, 0.25) is 0 Å². The van der Waals surface area contributed by atoms with Gasteiger partial charge in [0.25, 0.3) is 0 Å². The van der Waals surface area contributed by atoms with E-state index in [-0.39, 0.29) is 0 Å². The summed E-state index contributed by atoms with van der Waals surface area (Å²) in [5.41, 5.74) is 0. The molecule has 106 valence electrons. The number of hydrogen-bond donors (Lipinski definition) is 1. The number of hydrogen-bond acceptors (Lipinski definition) is 3. The molecule has 2 atom stereocenters. The minimum Gasteiger partial charge on any atom is -0.307 e. The van der Waals surface area contributed by atoms with Crippen molar-refractivity contribution >= 4 is 0 Å². The first-order chi connectivity index (χ1) is 8.46. The zero-order chi connectivity index (χ0) is 13.2. The minimum atomic E-state index is -4.10. The van der Waals surface area contributed by atoms with Gasteiger partial charge in [0.2, 0.25) is 0 Å². The van der Waals surface area contributed by atoms with Crippen LogP contribution in [-0.4, -0.2) is 67.3 Å². The number of halogens is 3. The van der Waals surface area contributed by atoms with Crippen LogP contribution in [0.1, 0.15) is 19.8 Å². The maximum Gasteiger partial charge on any atom is 0.401 e. The Bertz CT molecular complexity index is 270. The van der Waals surface area contributed by atoms with Gasteiger partial charge in [0.05, 0.1) is 6.54 Å². The molecule has 2 unspecified atom stereocenters. The molecular formula is C12H22F3N3. The first-order valence-corrected chi connectivity index (χ1v) is 6.71. The van der Waals surface area contributed by atoms with Crippen molar-refractivity contribution in [2.75, 3.05) is 39.3 Å². The summed E-state index contributed by atoms with van der Waals surface area (Å²) in [6.07, 6.45) is -1.60.